The number of hydrogen-bond acceptors (Lipinski definition) is 1. The van der Waals surface area contributed by atoms with Crippen LogP contribution in [0.5, 0.6) is 5.75 Å². The number of alkyl halides is 2. The zero-order valence-electron chi connectivity index (χ0n) is 8.90. The summed E-state index contributed by atoms with van der Waals surface area (Å²) in [4.78, 5) is 0. The molecule has 15 heavy (non-hydrogen) atoms. The second-order valence-electron chi connectivity index (χ2n) is 3.73. The third-order valence-electron chi connectivity index (χ3n) is 1.90. The van der Waals surface area contributed by atoms with E-state index in [4.69, 9.17) is 4.74 Å². The fraction of sp³-hybridized carbons (Fsp3) is 0.455. The Morgan fingerprint density at radius 2 is 1.73 bits per heavy atom. The van der Waals surface area contributed by atoms with E-state index in [0.717, 1.165) is 22.5 Å². The predicted octanol–water partition coefficient (Wildman–Crippen LogP) is 4.10. The van der Waals surface area contributed by atoms with Crippen molar-refractivity contribution in [2.24, 2.45) is 0 Å². The van der Waals surface area contributed by atoms with Crippen LogP contribution in [0.2, 0.25) is 0 Å². The van der Waals surface area contributed by atoms with Crippen LogP contribution in [0.1, 0.15) is 18.1 Å². The van der Waals surface area contributed by atoms with Crippen molar-refractivity contribution in [1.29, 1.82) is 0 Å². The molecule has 0 radical (unpaired) electrons. The number of ether oxygens (including phenoxy) is 1. The molecule has 84 valence electrons. The van der Waals surface area contributed by atoms with Crippen LogP contribution < -0.4 is 4.74 Å². The summed E-state index contributed by atoms with van der Waals surface area (Å²) in [5, 5.41) is 0. The van der Waals surface area contributed by atoms with E-state index < -0.39 is 12.5 Å². The van der Waals surface area contributed by atoms with Gasteiger partial charge in [-0.2, -0.15) is 0 Å². The van der Waals surface area contributed by atoms with Gasteiger partial charge in [-0.3, -0.25) is 0 Å². The third kappa shape index (κ3) is 3.78. The molecule has 0 aliphatic heterocycles. The van der Waals surface area contributed by atoms with Crippen molar-refractivity contribution in [2.45, 2.75) is 26.7 Å². The quantitative estimate of drug-likeness (QED) is 0.809. The molecule has 0 spiro atoms. The predicted molar refractivity (Wildman–Crippen MR) is 59.7 cm³/mol. The summed E-state index contributed by atoms with van der Waals surface area (Å²) in [6, 6.07) is 3.48. The lowest BCUT2D eigenvalue weighted by molar-refractivity contribution is -0.0230. The number of hydrogen-bond donors (Lipinski definition) is 0. The minimum atomic E-state index is -2.80. The summed E-state index contributed by atoms with van der Waals surface area (Å²) in [6.45, 7) is 4.04. The van der Waals surface area contributed by atoms with Crippen molar-refractivity contribution in [2.75, 3.05) is 6.61 Å². The lowest BCUT2D eigenvalue weighted by atomic mass is 10.1. The van der Waals surface area contributed by atoms with Crippen LogP contribution in [0.25, 0.3) is 0 Å². The smallest absolute Gasteiger partial charge is 0.278 e. The molecule has 0 N–H and O–H groups in total. The van der Waals surface area contributed by atoms with Crippen LogP contribution in [-0.2, 0) is 0 Å². The van der Waals surface area contributed by atoms with Crippen molar-refractivity contribution in [1.82, 2.24) is 0 Å². The molecule has 0 unspecified atom stereocenters. The lowest BCUT2D eigenvalue weighted by Gasteiger charge is -2.13. The van der Waals surface area contributed by atoms with Crippen LogP contribution >= 0.6 is 15.9 Å². The van der Waals surface area contributed by atoms with Crippen LogP contribution in [0.3, 0.4) is 0 Å². The van der Waals surface area contributed by atoms with Gasteiger partial charge in [0.05, 0.1) is 0 Å². The van der Waals surface area contributed by atoms with Gasteiger partial charge in [-0.1, -0.05) is 15.9 Å². The molecule has 0 fully saturated rings. The molecule has 0 heterocycles. The van der Waals surface area contributed by atoms with Gasteiger partial charge in [0, 0.05) is 11.4 Å². The molecule has 0 aliphatic carbocycles. The highest BCUT2D eigenvalue weighted by atomic mass is 79.9. The van der Waals surface area contributed by atoms with Crippen molar-refractivity contribution in [3.05, 3.63) is 27.7 Å². The summed E-state index contributed by atoms with van der Waals surface area (Å²) >= 11 is 3.40. The Kier molecular flexibility index (Phi) is 3.71. The number of halogens is 3. The van der Waals surface area contributed by atoms with Crippen LogP contribution in [0.4, 0.5) is 8.78 Å². The molecular formula is C11H13BrF2O. The van der Waals surface area contributed by atoms with E-state index in [-0.39, 0.29) is 0 Å². The largest absolute Gasteiger partial charge is 0.487 e. The molecule has 0 saturated heterocycles. The van der Waals surface area contributed by atoms with E-state index in [9.17, 15) is 8.78 Å². The minimum absolute atomic E-state index is 0.481. The van der Waals surface area contributed by atoms with Gasteiger partial charge >= 0.3 is 0 Å². The van der Waals surface area contributed by atoms with Gasteiger partial charge in [0.1, 0.15) is 5.75 Å². The third-order valence-corrected chi connectivity index (χ3v) is 3.15. The summed E-state index contributed by atoms with van der Waals surface area (Å²) < 4.78 is 31.1. The standard InChI is InChI=1S/C11H13BrF2O/c1-7-4-9(5-8(2)10(7)12)15-6-11(3,13)14/h4-5H,6H2,1-3H3. The Morgan fingerprint density at radius 1 is 1.27 bits per heavy atom. The summed E-state index contributed by atoms with van der Waals surface area (Å²) in [6.07, 6.45) is 0. The van der Waals surface area contributed by atoms with E-state index in [1.807, 2.05) is 13.8 Å². The Bertz CT molecular complexity index is 335. The van der Waals surface area contributed by atoms with Gasteiger partial charge in [0.2, 0.25) is 0 Å². The average molecular weight is 279 g/mol. The molecule has 0 bridgehead atoms. The SMILES string of the molecule is Cc1cc(OCC(C)(F)F)cc(C)c1Br. The van der Waals surface area contributed by atoms with Gasteiger partial charge in [-0.25, -0.2) is 8.78 Å². The first kappa shape index (κ1) is 12.4. The summed E-state index contributed by atoms with van der Waals surface area (Å²) in [5.41, 5.74) is 1.95. The zero-order valence-corrected chi connectivity index (χ0v) is 10.5. The van der Waals surface area contributed by atoms with Gasteiger partial charge < -0.3 is 4.74 Å². The van der Waals surface area contributed by atoms with E-state index >= 15 is 0 Å². The highest BCUT2D eigenvalue weighted by Gasteiger charge is 2.22. The second kappa shape index (κ2) is 4.47. The van der Waals surface area contributed by atoms with Crippen molar-refractivity contribution in [3.63, 3.8) is 0 Å². The Labute approximate surface area is 96.6 Å². The Hall–Kier alpha value is -0.640. The van der Waals surface area contributed by atoms with E-state index in [0.29, 0.717) is 5.75 Å². The van der Waals surface area contributed by atoms with E-state index in [2.05, 4.69) is 15.9 Å². The molecule has 0 atom stereocenters. The normalized spacial score (nSPS) is 11.6. The zero-order chi connectivity index (χ0) is 11.6. The maximum absolute atomic E-state index is 12.6. The van der Waals surface area contributed by atoms with Crippen molar-refractivity contribution >= 4 is 15.9 Å². The Morgan fingerprint density at radius 3 is 2.13 bits per heavy atom. The maximum Gasteiger partial charge on any atom is 0.278 e. The number of rotatable bonds is 3. The molecule has 0 aliphatic rings. The molecule has 1 aromatic carbocycles. The molecular weight excluding hydrogens is 266 g/mol. The fourth-order valence-electron chi connectivity index (χ4n) is 1.20. The van der Waals surface area contributed by atoms with Gasteiger partial charge in [-0.05, 0) is 37.1 Å². The average Bonchev–Trinajstić information content (AvgIpc) is 2.09. The lowest BCUT2D eigenvalue weighted by Crippen LogP contribution is -2.20. The molecule has 1 aromatic rings. The molecule has 0 amide bonds. The first-order valence-corrected chi connectivity index (χ1v) is 5.36. The van der Waals surface area contributed by atoms with Gasteiger partial charge in [0.25, 0.3) is 5.92 Å². The topological polar surface area (TPSA) is 9.23 Å². The molecule has 0 aromatic heterocycles. The first-order valence-electron chi connectivity index (χ1n) is 4.57. The highest BCUT2D eigenvalue weighted by molar-refractivity contribution is 9.10. The summed E-state index contributed by atoms with van der Waals surface area (Å²) in [5.74, 6) is -2.32. The van der Waals surface area contributed by atoms with E-state index in [1.165, 1.54) is 0 Å². The molecule has 4 heteroatoms. The molecule has 0 saturated carbocycles. The Balaban J connectivity index is 2.80. The fourth-order valence-corrected chi connectivity index (χ4v) is 1.43. The molecule has 1 nitrogen and oxygen atoms in total. The van der Waals surface area contributed by atoms with Crippen LogP contribution in [0.15, 0.2) is 16.6 Å². The first-order chi connectivity index (χ1) is 6.79. The van der Waals surface area contributed by atoms with Crippen LogP contribution in [-0.4, -0.2) is 12.5 Å². The minimum Gasteiger partial charge on any atom is -0.487 e. The van der Waals surface area contributed by atoms with Crippen molar-refractivity contribution in [3.8, 4) is 5.75 Å². The van der Waals surface area contributed by atoms with Crippen LogP contribution in [0, 0.1) is 13.8 Å². The van der Waals surface area contributed by atoms with E-state index in [1.54, 1.807) is 12.1 Å². The highest BCUT2D eigenvalue weighted by Crippen LogP contribution is 2.27. The van der Waals surface area contributed by atoms with Gasteiger partial charge in [-0.15, -0.1) is 0 Å². The summed E-state index contributed by atoms with van der Waals surface area (Å²) in [7, 11) is 0. The number of aryl methyl sites for hydroxylation is 2. The van der Waals surface area contributed by atoms with Gasteiger partial charge in [0.15, 0.2) is 6.61 Å². The molecule has 1 rings (SSSR count). The second-order valence-corrected chi connectivity index (χ2v) is 4.52. The number of benzene rings is 1. The monoisotopic (exact) mass is 278 g/mol. The van der Waals surface area contributed by atoms with Crippen molar-refractivity contribution < 1.29 is 13.5 Å². The maximum atomic E-state index is 12.6.